The van der Waals surface area contributed by atoms with Crippen LogP contribution in [-0.2, 0) is 9.53 Å². The minimum Gasteiger partial charge on any atom is -0.464 e. The number of para-hydroxylation sites is 1. The third-order valence-corrected chi connectivity index (χ3v) is 6.17. The van der Waals surface area contributed by atoms with Gasteiger partial charge in [0.2, 0.25) is 0 Å². The molecule has 1 aromatic heterocycles. The third kappa shape index (κ3) is 6.98. The Bertz CT molecular complexity index is 970. The Balaban J connectivity index is 1.53. The fourth-order valence-electron chi connectivity index (χ4n) is 4.51. The molecule has 0 aliphatic heterocycles. The number of rotatable bonds is 9. The van der Waals surface area contributed by atoms with Gasteiger partial charge < -0.3 is 25.6 Å². The van der Waals surface area contributed by atoms with Crippen molar-refractivity contribution in [3.63, 3.8) is 0 Å². The predicted molar refractivity (Wildman–Crippen MR) is 137 cm³/mol. The number of ether oxygens (including phenoxy) is 1. The predicted octanol–water partition coefficient (Wildman–Crippen LogP) is 4.30. The average Bonchev–Trinajstić information content (AvgIpc) is 2.79. The number of benzene rings is 1. The van der Waals surface area contributed by atoms with Gasteiger partial charge in [-0.3, -0.25) is 0 Å². The highest BCUT2D eigenvalue weighted by atomic mass is 16.5. The molecule has 1 atom stereocenters. The molecule has 2 aromatic rings. The molecular formula is C26H39N5O3. The van der Waals surface area contributed by atoms with Crippen LogP contribution in [0.15, 0.2) is 30.3 Å². The number of nitrogens with zero attached hydrogens (tertiary/aromatic N) is 2. The van der Waals surface area contributed by atoms with Crippen molar-refractivity contribution in [2.75, 3.05) is 30.9 Å². The molecule has 0 saturated heterocycles. The smallest absolute Gasteiger partial charge is 0.328 e. The Morgan fingerprint density at radius 3 is 2.44 bits per heavy atom. The highest BCUT2D eigenvalue weighted by Crippen LogP contribution is 2.29. The lowest BCUT2D eigenvalue weighted by molar-refractivity contribution is -0.145. The molecule has 8 nitrogen and oxygen atoms in total. The number of esters is 1. The first-order chi connectivity index (χ1) is 16.3. The van der Waals surface area contributed by atoms with Gasteiger partial charge in [-0.25, -0.2) is 14.6 Å². The second-order valence-electron chi connectivity index (χ2n) is 9.68. The Kier molecular flexibility index (Phi) is 8.96. The van der Waals surface area contributed by atoms with Gasteiger partial charge in [0, 0.05) is 43.3 Å². The summed E-state index contributed by atoms with van der Waals surface area (Å²) in [6.45, 7) is 6.11. The highest BCUT2D eigenvalue weighted by Gasteiger charge is 2.26. The van der Waals surface area contributed by atoms with Crippen LogP contribution in [0.1, 0.15) is 52.9 Å². The number of pyridine rings is 1. The molecule has 0 bridgehead atoms. The van der Waals surface area contributed by atoms with Crippen LogP contribution in [-0.4, -0.2) is 55.8 Å². The Labute approximate surface area is 202 Å². The second kappa shape index (κ2) is 11.9. The van der Waals surface area contributed by atoms with E-state index >= 15 is 0 Å². The first-order valence-corrected chi connectivity index (χ1v) is 12.3. The number of nitrogens with one attached hydrogen (secondary N) is 3. The second-order valence-corrected chi connectivity index (χ2v) is 9.68. The van der Waals surface area contributed by atoms with E-state index in [-0.39, 0.29) is 24.0 Å². The quantitative estimate of drug-likeness (QED) is 0.474. The van der Waals surface area contributed by atoms with Crippen molar-refractivity contribution in [2.24, 2.45) is 5.92 Å². The monoisotopic (exact) mass is 469 g/mol. The zero-order chi connectivity index (χ0) is 24.7. The lowest BCUT2D eigenvalue weighted by Gasteiger charge is -2.31. The maximum absolute atomic E-state index is 12.5. The third-order valence-electron chi connectivity index (χ3n) is 6.17. The first kappa shape index (κ1) is 25.6. The van der Waals surface area contributed by atoms with E-state index in [0.29, 0.717) is 19.1 Å². The topological polar surface area (TPSA) is 95.6 Å². The zero-order valence-electron chi connectivity index (χ0n) is 21.1. The van der Waals surface area contributed by atoms with Gasteiger partial charge in [-0.15, -0.1) is 0 Å². The van der Waals surface area contributed by atoms with Gasteiger partial charge in [0.25, 0.3) is 0 Å². The molecule has 1 aliphatic carbocycles. The molecule has 8 heteroatoms. The van der Waals surface area contributed by atoms with Crippen molar-refractivity contribution in [2.45, 2.75) is 71.0 Å². The van der Waals surface area contributed by atoms with Crippen LogP contribution in [0.2, 0.25) is 0 Å². The Morgan fingerprint density at radius 1 is 1.12 bits per heavy atom. The van der Waals surface area contributed by atoms with E-state index in [1.807, 2.05) is 46.1 Å². The van der Waals surface area contributed by atoms with Gasteiger partial charge in [-0.05, 0) is 51.0 Å². The summed E-state index contributed by atoms with van der Waals surface area (Å²) in [5.74, 6) is 0.773. The summed E-state index contributed by atoms with van der Waals surface area (Å²) in [6.07, 6.45) is 4.16. The Hall–Kier alpha value is -3.03. The fraction of sp³-hybridized carbons (Fsp3) is 0.577. The van der Waals surface area contributed by atoms with Crippen molar-refractivity contribution in [1.29, 1.82) is 0 Å². The van der Waals surface area contributed by atoms with Crippen LogP contribution < -0.4 is 20.9 Å². The number of hydrogen-bond donors (Lipinski definition) is 3. The lowest BCUT2D eigenvalue weighted by atomic mass is 9.91. The van der Waals surface area contributed by atoms with E-state index in [9.17, 15) is 9.59 Å². The molecule has 1 saturated carbocycles. The summed E-state index contributed by atoms with van der Waals surface area (Å²) < 4.78 is 5.12. The Morgan fingerprint density at radius 2 is 1.79 bits per heavy atom. The van der Waals surface area contributed by atoms with Gasteiger partial charge in [0.1, 0.15) is 11.9 Å². The molecule has 1 fully saturated rings. The molecule has 1 heterocycles. The van der Waals surface area contributed by atoms with Crippen LogP contribution in [0, 0.1) is 5.92 Å². The molecule has 34 heavy (non-hydrogen) atoms. The number of aromatic nitrogens is 1. The van der Waals surface area contributed by atoms with Crippen molar-refractivity contribution in [3.8, 4) is 0 Å². The number of carbonyl (C=O) groups is 2. The highest BCUT2D eigenvalue weighted by molar-refractivity contribution is 5.93. The van der Waals surface area contributed by atoms with Gasteiger partial charge in [-0.2, -0.15) is 0 Å². The molecule has 3 N–H and O–H groups in total. The summed E-state index contributed by atoms with van der Waals surface area (Å²) in [5.41, 5.74) is 2.11. The molecule has 0 spiro atoms. The van der Waals surface area contributed by atoms with E-state index in [1.54, 1.807) is 6.92 Å². The molecular weight excluding hydrogens is 430 g/mol. The van der Waals surface area contributed by atoms with Crippen molar-refractivity contribution >= 4 is 34.4 Å². The number of fused-ring (bicyclic) bond motifs is 1. The van der Waals surface area contributed by atoms with E-state index in [0.717, 1.165) is 48.1 Å². The summed E-state index contributed by atoms with van der Waals surface area (Å²) >= 11 is 0. The molecule has 186 valence electrons. The standard InChI is InChI=1S/C26H39N5O3/c1-6-34-25(32)22(15-17(2)3)30-26(33)28-19-13-11-18(12-14-19)27-24-16-23(31(4)5)20-9-7-8-10-21(20)29-24/h7-10,16-19,22H,6,11-15H2,1-5H3,(H,27,29)(H2,28,30,33)/t18-,19+,22-/m0/s1. The molecule has 3 rings (SSSR count). The minimum absolute atomic E-state index is 0.0850. The van der Waals surface area contributed by atoms with Gasteiger partial charge in [0.15, 0.2) is 0 Å². The fourth-order valence-corrected chi connectivity index (χ4v) is 4.51. The summed E-state index contributed by atoms with van der Waals surface area (Å²) in [6, 6.07) is 9.74. The lowest BCUT2D eigenvalue weighted by Crippen LogP contribution is -2.51. The van der Waals surface area contributed by atoms with E-state index in [4.69, 9.17) is 9.72 Å². The SMILES string of the molecule is CCOC(=O)[C@H](CC(C)C)NC(=O)N[C@H]1CC[C@@H](Nc2cc(N(C)C)c3ccccc3n2)CC1. The van der Waals surface area contributed by atoms with E-state index < -0.39 is 6.04 Å². The van der Waals surface area contributed by atoms with Crippen LogP contribution in [0.25, 0.3) is 10.9 Å². The van der Waals surface area contributed by atoms with Crippen LogP contribution in [0.3, 0.4) is 0 Å². The van der Waals surface area contributed by atoms with E-state index in [1.165, 1.54) is 0 Å². The number of anilines is 2. The molecule has 2 amide bonds. The number of amides is 2. The van der Waals surface area contributed by atoms with Crippen molar-refractivity contribution < 1.29 is 14.3 Å². The zero-order valence-corrected chi connectivity index (χ0v) is 21.1. The summed E-state index contributed by atoms with van der Waals surface area (Å²) in [7, 11) is 4.09. The van der Waals surface area contributed by atoms with Crippen molar-refractivity contribution in [3.05, 3.63) is 30.3 Å². The van der Waals surface area contributed by atoms with Crippen LogP contribution in [0.5, 0.6) is 0 Å². The minimum atomic E-state index is -0.622. The number of carbonyl (C=O) groups excluding carboxylic acids is 2. The largest absolute Gasteiger partial charge is 0.464 e. The van der Waals surface area contributed by atoms with Gasteiger partial charge in [-0.1, -0.05) is 32.0 Å². The first-order valence-electron chi connectivity index (χ1n) is 12.3. The van der Waals surface area contributed by atoms with Gasteiger partial charge in [0.05, 0.1) is 12.1 Å². The van der Waals surface area contributed by atoms with E-state index in [2.05, 4.69) is 33.0 Å². The molecule has 1 aromatic carbocycles. The number of urea groups is 1. The normalized spacial score (nSPS) is 18.9. The number of hydrogen-bond acceptors (Lipinski definition) is 6. The average molecular weight is 470 g/mol. The molecule has 0 unspecified atom stereocenters. The van der Waals surface area contributed by atoms with Gasteiger partial charge >= 0.3 is 12.0 Å². The maximum atomic E-state index is 12.5. The van der Waals surface area contributed by atoms with Crippen LogP contribution in [0.4, 0.5) is 16.3 Å². The summed E-state index contributed by atoms with van der Waals surface area (Å²) in [4.78, 5) is 31.7. The molecule has 1 aliphatic rings. The van der Waals surface area contributed by atoms with Crippen LogP contribution >= 0.6 is 0 Å². The molecule has 0 radical (unpaired) electrons. The van der Waals surface area contributed by atoms with Crippen molar-refractivity contribution in [1.82, 2.24) is 15.6 Å². The summed E-state index contributed by atoms with van der Waals surface area (Å²) in [5, 5.41) is 10.6. The maximum Gasteiger partial charge on any atom is 0.328 e.